The number of ether oxygens (including phenoxy) is 3. The topological polar surface area (TPSA) is 27.7 Å². The molecule has 1 fully saturated rings. The van der Waals surface area contributed by atoms with Gasteiger partial charge < -0.3 is 0 Å². The van der Waals surface area contributed by atoms with Crippen LogP contribution in [0.5, 0.6) is 17.2 Å². The zero-order valence-electron chi connectivity index (χ0n) is 13.8. The predicted molar refractivity (Wildman–Crippen MR) is 92.6 cm³/mol. The molecule has 0 N–H and O–H groups in total. The van der Waals surface area contributed by atoms with E-state index in [9.17, 15) is 0 Å². The van der Waals surface area contributed by atoms with Crippen molar-refractivity contribution in [2.24, 2.45) is 0 Å². The van der Waals surface area contributed by atoms with E-state index < -0.39 is 13.9 Å². The molecular weight excluding hydrogens is 355 g/mol. The first-order chi connectivity index (χ1) is 11.1. The van der Waals surface area contributed by atoms with Crippen LogP contribution in [0.25, 0.3) is 0 Å². The van der Waals surface area contributed by atoms with E-state index in [1.165, 1.54) is 10.0 Å². The van der Waals surface area contributed by atoms with Crippen LogP contribution in [-0.2, 0) is 0 Å². The Bertz CT molecular complexity index is 742. The van der Waals surface area contributed by atoms with E-state index in [0.717, 1.165) is 17.2 Å². The van der Waals surface area contributed by atoms with Crippen LogP contribution in [0.4, 0.5) is 0 Å². The quantitative estimate of drug-likeness (QED) is 0.770. The first-order valence-corrected chi connectivity index (χ1v) is 10.6. The van der Waals surface area contributed by atoms with Crippen molar-refractivity contribution in [3.8, 4) is 17.2 Å². The number of fused-ring (bicyclic) bond motifs is 3. The van der Waals surface area contributed by atoms with E-state index in [0.29, 0.717) is 9.63 Å². The molecule has 23 heavy (non-hydrogen) atoms. The maximum atomic E-state index is 6.36. The van der Waals surface area contributed by atoms with Crippen molar-refractivity contribution in [1.82, 2.24) is 0 Å². The molecule has 1 saturated heterocycles. The zero-order valence-corrected chi connectivity index (χ0v) is 15.5. The fourth-order valence-corrected chi connectivity index (χ4v) is 10.6. The summed E-state index contributed by atoms with van der Waals surface area (Å²) >= 11 is -0.927. The van der Waals surface area contributed by atoms with Gasteiger partial charge in [0.1, 0.15) is 0 Å². The van der Waals surface area contributed by atoms with E-state index in [1.807, 2.05) is 6.07 Å². The van der Waals surface area contributed by atoms with Crippen LogP contribution in [0.2, 0.25) is 4.82 Å². The van der Waals surface area contributed by atoms with Crippen molar-refractivity contribution in [3.05, 3.63) is 48.0 Å². The average Bonchev–Trinajstić information content (AvgIpc) is 3.31. The van der Waals surface area contributed by atoms with Crippen LogP contribution < -0.4 is 18.7 Å². The minimum atomic E-state index is -0.927. The SMILES string of the molecule is COc1cc2c(cc1OC)C1C([Se+]1c1ccccc1)C(C)(C)O2. The molecule has 120 valence electrons. The Balaban J connectivity index is 1.81. The third-order valence-electron chi connectivity index (χ3n) is 4.64. The van der Waals surface area contributed by atoms with Crippen LogP contribution in [0.1, 0.15) is 24.2 Å². The maximum absolute atomic E-state index is 6.36. The molecule has 0 radical (unpaired) electrons. The van der Waals surface area contributed by atoms with Gasteiger partial charge in [-0.2, -0.15) is 0 Å². The van der Waals surface area contributed by atoms with Gasteiger partial charge in [0.05, 0.1) is 0 Å². The van der Waals surface area contributed by atoms with Crippen LogP contribution in [0.3, 0.4) is 0 Å². The fraction of sp³-hybridized carbons (Fsp3) is 0.368. The van der Waals surface area contributed by atoms with E-state index in [2.05, 4.69) is 50.2 Å². The number of methoxy groups -OCH3 is 2. The second-order valence-electron chi connectivity index (χ2n) is 6.48. The first kappa shape index (κ1) is 14.9. The molecule has 0 spiro atoms. The number of benzene rings is 2. The molecule has 0 bridgehead atoms. The molecule has 4 heteroatoms. The number of hydrogen-bond acceptors (Lipinski definition) is 3. The van der Waals surface area contributed by atoms with Crippen LogP contribution in [-0.4, -0.2) is 33.7 Å². The third kappa shape index (κ3) is 2.24. The van der Waals surface area contributed by atoms with Crippen molar-refractivity contribution in [2.45, 2.75) is 29.1 Å². The first-order valence-electron chi connectivity index (χ1n) is 7.78. The zero-order chi connectivity index (χ0) is 16.2. The molecule has 0 aliphatic carbocycles. The molecule has 4 rings (SSSR count). The summed E-state index contributed by atoms with van der Waals surface area (Å²) in [6.45, 7) is 4.44. The van der Waals surface area contributed by atoms with Gasteiger partial charge in [-0.1, -0.05) is 0 Å². The molecule has 3 nitrogen and oxygen atoms in total. The third-order valence-corrected chi connectivity index (χ3v) is 10.9. The average molecular weight is 376 g/mol. The van der Waals surface area contributed by atoms with Crippen molar-refractivity contribution in [2.75, 3.05) is 14.2 Å². The molecule has 2 aliphatic rings. The van der Waals surface area contributed by atoms with Gasteiger partial charge in [-0.15, -0.1) is 0 Å². The normalized spacial score (nSPS) is 26.5. The summed E-state index contributed by atoms with van der Waals surface area (Å²) in [5, 5.41) is 0. The van der Waals surface area contributed by atoms with E-state index in [4.69, 9.17) is 14.2 Å². The Labute approximate surface area is 141 Å². The predicted octanol–water partition coefficient (Wildman–Crippen LogP) is 3.28. The Kier molecular flexibility index (Phi) is 3.36. The van der Waals surface area contributed by atoms with Gasteiger partial charge in [-0.3, -0.25) is 0 Å². The Morgan fingerprint density at radius 3 is 2.30 bits per heavy atom. The molecule has 0 saturated carbocycles. The molecule has 0 amide bonds. The van der Waals surface area contributed by atoms with Crippen molar-refractivity contribution in [1.29, 1.82) is 0 Å². The van der Waals surface area contributed by atoms with Gasteiger partial charge in [0, 0.05) is 0 Å². The molecule has 0 aromatic heterocycles. The molecule has 2 aliphatic heterocycles. The van der Waals surface area contributed by atoms with Crippen LogP contribution >= 0.6 is 0 Å². The molecule has 2 aromatic rings. The van der Waals surface area contributed by atoms with Crippen molar-refractivity contribution < 1.29 is 14.2 Å². The summed E-state index contributed by atoms with van der Waals surface area (Å²) in [6.07, 6.45) is 0. The van der Waals surface area contributed by atoms with Crippen molar-refractivity contribution in [3.63, 3.8) is 0 Å². The summed E-state index contributed by atoms with van der Waals surface area (Å²) in [7, 11) is 3.35. The van der Waals surface area contributed by atoms with Gasteiger partial charge in [-0.05, 0) is 0 Å². The summed E-state index contributed by atoms with van der Waals surface area (Å²) in [5.41, 5.74) is 1.17. The molecule has 2 heterocycles. The summed E-state index contributed by atoms with van der Waals surface area (Å²) < 4.78 is 18.8. The second-order valence-corrected chi connectivity index (χ2v) is 11.2. The molecule has 3 atom stereocenters. The summed E-state index contributed by atoms with van der Waals surface area (Å²) in [4.78, 5) is 1.23. The Morgan fingerprint density at radius 2 is 1.65 bits per heavy atom. The minimum absolute atomic E-state index is 0.127. The van der Waals surface area contributed by atoms with Gasteiger partial charge >= 0.3 is 141 Å². The van der Waals surface area contributed by atoms with E-state index in [1.54, 1.807) is 14.2 Å². The molecular formula is C19H21O3Se+. The van der Waals surface area contributed by atoms with Gasteiger partial charge in [-0.25, -0.2) is 0 Å². The Morgan fingerprint density at radius 1 is 1.00 bits per heavy atom. The number of hydrogen-bond donors (Lipinski definition) is 0. The van der Waals surface area contributed by atoms with E-state index in [-0.39, 0.29) is 5.60 Å². The van der Waals surface area contributed by atoms with Crippen LogP contribution in [0, 0.1) is 0 Å². The number of rotatable bonds is 3. The second kappa shape index (κ2) is 5.19. The standard InChI is InChI=1S/C19H21O3Se/c1-19(2)18-17(23(18)12-8-6-5-7-9-12)13-10-15(20-3)16(21-4)11-14(13)22-19/h5-11,17-18H,1-4H3/q+1. The van der Waals surface area contributed by atoms with Gasteiger partial charge in [0.2, 0.25) is 0 Å². The summed E-state index contributed by atoms with van der Waals surface area (Å²) in [5.74, 6) is 2.48. The van der Waals surface area contributed by atoms with Crippen molar-refractivity contribution >= 4 is 18.4 Å². The van der Waals surface area contributed by atoms with Gasteiger partial charge in [0.15, 0.2) is 0 Å². The van der Waals surface area contributed by atoms with E-state index >= 15 is 0 Å². The Hall–Kier alpha value is -1.64. The van der Waals surface area contributed by atoms with Gasteiger partial charge in [0.25, 0.3) is 0 Å². The summed E-state index contributed by atoms with van der Waals surface area (Å²) in [6, 6.07) is 15.0. The fourth-order valence-electron chi connectivity index (χ4n) is 3.58. The van der Waals surface area contributed by atoms with Crippen LogP contribution in [0.15, 0.2) is 42.5 Å². The molecule has 3 unspecified atom stereocenters. The monoisotopic (exact) mass is 377 g/mol. The molecule has 2 aromatic carbocycles.